The van der Waals surface area contributed by atoms with E-state index in [1.54, 1.807) is 31.6 Å². The summed E-state index contributed by atoms with van der Waals surface area (Å²) in [7, 11) is 1.63. The van der Waals surface area contributed by atoms with Crippen LogP contribution in [0.25, 0.3) is 0 Å². The molecule has 120 valence electrons. The smallest absolute Gasteiger partial charge is 0.252 e. The Kier molecular flexibility index (Phi) is 4.87. The van der Waals surface area contributed by atoms with E-state index in [2.05, 4.69) is 10.3 Å². The summed E-state index contributed by atoms with van der Waals surface area (Å²) in [4.78, 5) is 16.5. The largest absolute Gasteiger partial charge is 0.497 e. The number of hydrogen-bond acceptors (Lipinski definition) is 3. The number of aromatic nitrogens is 1. The molecule has 1 unspecified atom stereocenters. The number of ether oxygens (including phenoxy) is 1. The highest BCUT2D eigenvalue weighted by atomic mass is 16.5. The maximum Gasteiger partial charge on any atom is 0.252 e. The van der Waals surface area contributed by atoms with E-state index in [9.17, 15) is 4.79 Å². The van der Waals surface area contributed by atoms with Crippen molar-refractivity contribution in [3.63, 3.8) is 0 Å². The molecule has 4 heteroatoms. The Balaban J connectivity index is 1.91. The van der Waals surface area contributed by atoms with Crippen LogP contribution in [-0.2, 0) is 0 Å². The Bertz CT molecular complexity index is 787. The van der Waals surface area contributed by atoms with Crippen molar-refractivity contribution in [1.29, 1.82) is 0 Å². The number of nitrogens with one attached hydrogen (secondary N) is 1. The first-order valence-electron chi connectivity index (χ1n) is 7.67. The molecule has 0 radical (unpaired) electrons. The molecule has 0 aliphatic heterocycles. The van der Waals surface area contributed by atoms with Crippen molar-refractivity contribution >= 4 is 5.91 Å². The highest BCUT2D eigenvalue weighted by Gasteiger charge is 2.17. The number of hydrogen-bond donors (Lipinski definition) is 1. The SMILES string of the molecule is COc1ccc(C(NC(=O)c2ccncc2)c2ccccc2)cc1. The van der Waals surface area contributed by atoms with Crippen molar-refractivity contribution in [2.45, 2.75) is 6.04 Å². The summed E-state index contributed by atoms with van der Waals surface area (Å²) in [5.74, 6) is 0.646. The van der Waals surface area contributed by atoms with E-state index in [-0.39, 0.29) is 11.9 Å². The zero-order valence-corrected chi connectivity index (χ0v) is 13.3. The van der Waals surface area contributed by atoms with Crippen molar-refractivity contribution in [2.75, 3.05) is 7.11 Å². The van der Waals surface area contributed by atoms with Crippen LogP contribution in [0.4, 0.5) is 0 Å². The summed E-state index contributed by atoms with van der Waals surface area (Å²) in [6, 6.07) is 20.8. The second kappa shape index (κ2) is 7.42. The summed E-state index contributed by atoms with van der Waals surface area (Å²) < 4.78 is 5.21. The third-order valence-corrected chi connectivity index (χ3v) is 3.80. The molecule has 2 aromatic carbocycles. The van der Waals surface area contributed by atoms with Gasteiger partial charge in [0, 0.05) is 18.0 Å². The van der Waals surface area contributed by atoms with E-state index >= 15 is 0 Å². The molecule has 1 heterocycles. The number of carbonyl (C=O) groups is 1. The molecule has 0 bridgehead atoms. The quantitative estimate of drug-likeness (QED) is 0.782. The molecular formula is C20H18N2O2. The minimum atomic E-state index is -0.238. The van der Waals surface area contributed by atoms with Crippen LogP contribution in [0.3, 0.4) is 0 Å². The predicted octanol–water partition coefficient (Wildman–Crippen LogP) is 3.61. The fraction of sp³-hybridized carbons (Fsp3) is 0.100. The Morgan fingerprint density at radius 1 is 0.917 bits per heavy atom. The lowest BCUT2D eigenvalue weighted by Gasteiger charge is -2.20. The van der Waals surface area contributed by atoms with Crippen LogP contribution in [-0.4, -0.2) is 18.0 Å². The molecule has 0 aliphatic rings. The number of pyridine rings is 1. The number of nitrogens with zero attached hydrogens (tertiary/aromatic N) is 1. The monoisotopic (exact) mass is 318 g/mol. The summed E-state index contributed by atoms with van der Waals surface area (Å²) in [5.41, 5.74) is 2.59. The van der Waals surface area contributed by atoms with Crippen molar-refractivity contribution in [1.82, 2.24) is 10.3 Å². The zero-order chi connectivity index (χ0) is 16.8. The molecule has 0 spiro atoms. The summed E-state index contributed by atoms with van der Waals surface area (Å²) >= 11 is 0. The van der Waals surface area contributed by atoms with Gasteiger partial charge in [-0.1, -0.05) is 42.5 Å². The number of amides is 1. The van der Waals surface area contributed by atoms with Gasteiger partial charge in [-0.2, -0.15) is 0 Å². The zero-order valence-electron chi connectivity index (χ0n) is 13.3. The molecule has 0 saturated carbocycles. The van der Waals surface area contributed by atoms with E-state index in [0.29, 0.717) is 5.56 Å². The number of benzene rings is 2. The highest BCUT2D eigenvalue weighted by Crippen LogP contribution is 2.24. The Morgan fingerprint density at radius 2 is 1.54 bits per heavy atom. The highest BCUT2D eigenvalue weighted by molar-refractivity contribution is 5.94. The summed E-state index contributed by atoms with van der Waals surface area (Å²) in [6.07, 6.45) is 3.22. The van der Waals surface area contributed by atoms with Gasteiger partial charge in [0.15, 0.2) is 0 Å². The Morgan fingerprint density at radius 3 is 2.17 bits per heavy atom. The van der Waals surface area contributed by atoms with Gasteiger partial charge in [0.2, 0.25) is 0 Å². The molecule has 1 atom stereocenters. The number of rotatable bonds is 5. The molecule has 3 rings (SSSR count). The molecule has 24 heavy (non-hydrogen) atoms. The van der Waals surface area contributed by atoms with Gasteiger partial charge in [-0.25, -0.2) is 0 Å². The molecule has 1 N–H and O–H groups in total. The predicted molar refractivity (Wildman–Crippen MR) is 93.0 cm³/mol. The lowest BCUT2D eigenvalue weighted by Crippen LogP contribution is -2.29. The van der Waals surface area contributed by atoms with E-state index in [4.69, 9.17) is 4.74 Å². The normalized spacial score (nSPS) is 11.5. The second-order valence-electron chi connectivity index (χ2n) is 5.33. The van der Waals surface area contributed by atoms with Crippen LogP contribution in [0.5, 0.6) is 5.75 Å². The van der Waals surface area contributed by atoms with Gasteiger partial charge in [-0.05, 0) is 35.4 Å². The fourth-order valence-corrected chi connectivity index (χ4v) is 2.52. The third-order valence-electron chi connectivity index (χ3n) is 3.80. The average Bonchev–Trinajstić information content (AvgIpc) is 2.67. The molecule has 3 aromatic rings. The van der Waals surface area contributed by atoms with Crippen LogP contribution in [0.2, 0.25) is 0 Å². The van der Waals surface area contributed by atoms with Crippen LogP contribution < -0.4 is 10.1 Å². The number of carbonyl (C=O) groups excluding carboxylic acids is 1. The molecule has 4 nitrogen and oxygen atoms in total. The average molecular weight is 318 g/mol. The fourth-order valence-electron chi connectivity index (χ4n) is 2.52. The maximum absolute atomic E-state index is 12.6. The minimum absolute atomic E-state index is 0.137. The number of methoxy groups -OCH3 is 1. The van der Waals surface area contributed by atoms with Gasteiger partial charge in [0.05, 0.1) is 13.2 Å². The maximum atomic E-state index is 12.6. The van der Waals surface area contributed by atoms with Gasteiger partial charge in [-0.15, -0.1) is 0 Å². The molecule has 0 fully saturated rings. The van der Waals surface area contributed by atoms with Crippen LogP contribution in [0, 0.1) is 0 Å². The molecule has 0 aliphatic carbocycles. The molecular weight excluding hydrogens is 300 g/mol. The van der Waals surface area contributed by atoms with Gasteiger partial charge < -0.3 is 10.1 Å². The van der Waals surface area contributed by atoms with Crippen molar-refractivity contribution < 1.29 is 9.53 Å². The van der Waals surface area contributed by atoms with E-state index in [1.165, 1.54) is 0 Å². The van der Waals surface area contributed by atoms with Gasteiger partial charge >= 0.3 is 0 Å². The standard InChI is InChI=1S/C20H18N2O2/c1-24-18-9-7-16(8-10-18)19(15-5-3-2-4-6-15)22-20(23)17-11-13-21-14-12-17/h2-14,19H,1H3,(H,22,23). The minimum Gasteiger partial charge on any atom is -0.497 e. The van der Waals surface area contributed by atoms with Gasteiger partial charge in [0.25, 0.3) is 5.91 Å². The first kappa shape index (κ1) is 15.7. The van der Waals surface area contributed by atoms with Crippen molar-refractivity contribution in [3.05, 3.63) is 95.8 Å². The lowest BCUT2D eigenvalue weighted by atomic mass is 9.98. The Hall–Kier alpha value is -3.14. The van der Waals surface area contributed by atoms with Crippen LogP contribution >= 0.6 is 0 Å². The van der Waals surface area contributed by atoms with E-state index in [0.717, 1.165) is 16.9 Å². The third kappa shape index (κ3) is 3.60. The van der Waals surface area contributed by atoms with Crippen molar-refractivity contribution in [3.8, 4) is 5.75 Å². The topological polar surface area (TPSA) is 51.2 Å². The van der Waals surface area contributed by atoms with Crippen LogP contribution in [0.1, 0.15) is 27.5 Å². The lowest BCUT2D eigenvalue weighted by molar-refractivity contribution is 0.0943. The van der Waals surface area contributed by atoms with Crippen LogP contribution in [0.15, 0.2) is 79.1 Å². The first-order chi connectivity index (χ1) is 11.8. The molecule has 0 saturated heterocycles. The Labute approximate surface area is 141 Å². The second-order valence-corrected chi connectivity index (χ2v) is 5.33. The van der Waals surface area contributed by atoms with E-state index < -0.39 is 0 Å². The molecule has 1 amide bonds. The van der Waals surface area contributed by atoms with E-state index in [1.807, 2.05) is 54.6 Å². The molecule has 1 aromatic heterocycles. The summed E-state index contributed by atoms with van der Waals surface area (Å²) in [6.45, 7) is 0. The first-order valence-corrected chi connectivity index (χ1v) is 7.67. The summed E-state index contributed by atoms with van der Waals surface area (Å²) in [5, 5.41) is 3.10. The van der Waals surface area contributed by atoms with Gasteiger partial charge in [-0.3, -0.25) is 9.78 Å². The van der Waals surface area contributed by atoms with Gasteiger partial charge in [0.1, 0.15) is 5.75 Å². The van der Waals surface area contributed by atoms with Crippen molar-refractivity contribution in [2.24, 2.45) is 0 Å².